The molecule has 1 fully saturated rings. The zero-order valence-electron chi connectivity index (χ0n) is 10.9. The molecule has 1 aromatic heterocycles. The van der Waals surface area contributed by atoms with Crippen LogP contribution in [-0.2, 0) is 11.3 Å². The van der Waals surface area contributed by atoms with Gasteiger partial charge in [-0.2, -0.15) is 5.26 Å². The van der Waals surface area contributed by atoms with Crippen molar-refractivity contribution in [3.8, 4) is 6.07 Å². The van der Waals surface area contributed by atoms with Gasteiger partial charge in [0, 0.05) is 13.5 Å². The minimum absolute atomic E-state index is 0.384. The summed E-state index contributed by atoms with van der Waals surface area (Å²) in [4.78, 5) is 2.42. The Kier molecular flexibility index (Phi) is 4.80. The molecule has 4 heteroatoms. The van der Waals surface area contributed by atoms with Gasteiger partial charge in [0.05, 0.1) is 12.1 Å². The highest BCUT2D eigenvalue weighted by Gasteiger charge is 2.27. The molecule has 0 bridgehead atoms. The van der Waals surface area contributed by atoms with E-state index in [1.165, 1.54) is 6.42 Å². The van der Waals surface area contributed by atoms with Gasteiger partial charge in [0.2, 0.25) is 0 Å². The number of furan rings is 1. The first-order chi connectivity index (χ1) is 8.85. The molecule has 0 spiro atoms. The Morgan fingerprint density at radius 2 is 2.44 bits per heavy atom. The van der Waals surface area contributed by atoms with E-state index in [4.69, 9.17) is 14.4 Å². The number of rotatable bonds is 6. The van der Waals surface area contributed by atoms with Crippen LogP contribution in [0.3, 0.4) is 0 Å². The number of ether oxygens (including phenoxy) is 1. The molecular formula is C14H20N2O2. The first-order valence-corrected chi connectivity index (χ1v) is 6.53. The lowest BCUT2D eigenvalue weighted by Gasteiger charge is -2.22. The summed E-state index contributed by atoms with van der Waals surface area (Å²) in [5.41, 5.74) is 0. The Labute approximate surface area is 108 Å². The molecule has 18 heavy (non-hydrogen) atoms. The fourth-order valence-electron chi connectivity index (χ4n) is 2.57. The maximum Gasteiger partial charge on any atom is 0.129 e. The van der Waals surface area contributed by atoms with Crippen LogP contribution >= 0.6 is 0 Å². The standard InChI is InChI=1S/C14H20N2O2/c1-17-11-12-6-7-14(18-12)13-5-4-10-16(13)9-3-2-8-15/h6-7,13H,2-5,9-11H2,1H3/t13-/m1/s1. The highest BCUT2D eigenvalue weighted by Crippen LogP contribution is 2.33. The smallest absolute Gasteiger partial charge is 0.129 e. The Balaban J connectivity index is 1.95. The highest BCUT2D eigenvalue weighted by molar-refractivity contribution is 5.11. The molecule has 0 radical (unpaired) electrons. The summed E-state index contributed by atoms with van der Waals surface area (Å²) in [6.07, 6.45) is 3.93. The summed E-state index contributed by atoms with van der Waals surface area (Å²) in [6, 6.07) is 6.63. The largest absolute Gasteiger partial charge is 0.462 e. The number of hydrogen-bond donors (Lipinski definition) is 0. The fourth-order valence-corrected chi connectivity index (χ4v) is 2.57. The predicted octanol–water partition coefficient (Wildman–Crippen LogP) is 2.87. The van der Waals surface area contributed by atoms with E-state index in [1.807, 2.05) is 6.07 Å². The maximum atomic E-state index is 8.58. The monoisotopic (exact) mass is 248 g/mol. The van der Waals surface area contributed by atoms with E-state index in [2.05, 4.69) is 17.0 Å². The van der Waals surface area contributed by atoms with Crippen LogP contribution in [-0.4, -0.2) is 25.1 Å². The Morgan fingerprint density at radius 1 is 1.56 bits per heavy atom. The van der Waals surface area contributed by atoms with Crippen LogP contribution in [0.15, 0.2) is 16.5 Å². The van der Waals surface area contributed by atoms with Crippen molar-refractivity contribution >= 4 is 0 Å². The molecule has 0 unspecified atom stereocenters. The minimum atomic E-state index is 0.384. The van der Waals surface area contributed by atoms with Gasteiger partial charge in [-0.05, 0) is 44.5 Å². The molecule has 2 rings (SSSR count). The third-order valence-corrected chi connectivity index (χ3v) is 3.40. The third-order valence-electron chi connectivity index (χ3n) is 3.40. The van der Waals surface area contributed by atoms with Gasteiger partial charge in [-0.25, -0.2) is 0 Å². The van der Waals surface area contributed by atoms with Gasteiger partial charge in [-0.15, -0.1) is 0 Å². The van der Waals surface area contributed by atoms with E-state index in [0.717, 1.165) is 37.5 Å². The molecule has 1 atom stereocenters. The number of unbranched alkanes of at least 4 members (excludes halogenated alkanes) is 1. The van der Waals surface area contributed by atoms with Crippen molar-refractivity contribution in [2.45, 2.75) is 38.3 Å². The highest BCUT2D eigenvalue weighted by atomic mass is 16.5. The van der Waals surface area contributed by atoms with Crippen molar-refractivity contribution in [1.29, 1.82) is 5.26 Å². The molecule has 0 N–H and O–H groups in total. The minimum Gasteiger partial charge on any atom is -0.462 e. The molecule has 2 heterocycles. The normalized spacial score (nSPS) is 20.1. The second-order valence-corrected chi connectivity index (χ2v) is 4.69. The van der Waals surface area contributed by atoms with Crippen molar-refractivity contribution in [1.82, 2.24) is 4.90 Å². The van der Waals surface area contributed by atoms with Crippen molar-refractivity contribution in [2.24, 2.45) is 0 Å². The van der Waals surface area contributed by atoms with Crippen molar-refractivity contribution < 1.29 is 9.15 Å². The van der Waals surface area contributed by atoms with Crippen LogP contribution in [0.1, 0.15) is 43.2 Å². The molecule has 1 saturated heterocycles. The van der Waals surface area contributed by atoms with Crippen LogP contribution in [0.2, 0.25) is 0 Å². The number of nitrogens with zero attached hydrogens (tertiary/aromatic N) is 2. The summed E-state index contributed by atoms with van der Waals surface area (Å²) >= 11 is 0. The zero-order valence-corrected chi connectivity index (χ0v) is 10.9. The molecule has 1 aliphatic rings. The first kappa shape index (κ1) is 13.1. The summed E-state index contributed by atoms with van der Waals surface area (Å²) in [5, 5.41) is 8.58. The zero-order chi connectivity index (χ0) is 12.8. The molecule has 0 amide bonds. The SMILES string of the molecule is COCc1ccc([C@H]2CCCN2CCCC#N)o1. The van der Waals surface area contributed by atoms with Gasteiger partial charge in [-0.3, -0.25) is 4.90 Å². The number of hydrogen-bond acceptors (Lipinski definition) is 4. The predicted molar refractivity (Wildman–Crippen MR) is 67.8 cm³/mol. The fraction of sp³-hybridized carbons (Fsp3) is 0.643. The van der Waals surface area contributed by atoms with E-state index in [1.54, 1.807) is 7.11 Å². The van der Waals surface area contributed by atoms with Crippen molar-refractivity contribution in [3.05, 3.63) is 23.7 Å². The van der Waals surface area contributed by atoms with E-state index >= 15 is 0 Å². The Hall–Kier alpha value is -1.31. The third kappa shape index (κ3) is 3.12. The van der Waals surface area contributed by atoms with Gasteiger partial charge >= 0.3 is 0 Å². The molecular weight excluding hydrogens is 228 g/mol. The van der Waals surface area contributed by atoms with Gasteiger partial charge in [0.15, 0.2) is 0 Å². The van der Waals surface area contributed by atoms with Crippen molar-refractivity contribution in [3.63, 3.8) is 0 Å². The molecule has 4 nitrogen and oxygen atoms in total. The Morgan fingerprint density at radius 3 is 3.22 bits per heavy atom. The van der Waals surface area contributed by atoms with Gasteiger partial charge < -0.3 is 9.15 Å². The van der Waals surface area contributed by atoms with E-state index < -0.39 is 0 Å². The van der Waals surface area contributed by atoms with Crippen LogP contribution < -0.4 is 0 Å². The van der Waals surface area contributed by atoms with Crippen LogP contribution in [0.5, 0.6) is 0 Å². The summed E-state index contributed by atoms with van der Waals surface area (Å²) in [6.45, 7) is 2.62. The van der Waals surface area contributed by atoms with E-state index in [9.17, 15) is 0 Å². The van der Waals surface area contributed by atoms with Gasteiger partial charge in [-0.1, -0.05) is 0 Å². The average molecular weight is 248 g/mol. The van der Waals surface area contributed by atoms with E-state index in [0.29, 0.717) is 19.1 Å². The summed E-state index contributed by atoms with van der Waals surface area (Å²) in [7, 11) is 1.67. The molecule has 0 aromatic carbocycles. The van der Waals surface area contributed by atoms with Crippen molar-refractivity contribution in [2.75, 3.05) is 20.2 Å². The van der Waals surface area contributed by atoms with Crippen LogP contribution in [0.4, 0.5) is 0 Å². The molecule has 0 saturated carbocycles. The average Bonchev–Trinajstić information content (AvgIpc) is 2.98. The Bertz CT molecular complexity index is 408. The summed E-state index contributed by atoms with van der Waals surface area (Å²) in [5.74, 6) is 1.92. The lowest BCUT2D eigenvalue weighted by Crippen LogP contribution is -2.24. The number of methoxy groups -OCH3 is 1. The topological polar surface area (TPSA) is 49.4 Å². The second kappa shape index (κ2) is 6.58. The maximum absolute atomic E-state index is 8.58. The molecule has 1 aliphatic heterocycles. The quantitative estimate of drug-likeness (QED) is 0.726. The molecule has 1 aromatic rings. The first-order valence-electron chi connectivity index (χ1n) is 6.53. The lowest BCUT2D eigenvalue weighted by molar-refractivity contribution is 0.156. The number of nitriles is 1. The molecule has 98 valence electrons. The van der Waals surface area contributed by atoms with Gasteiger partial charge in [0.1, 0.15) is 18.1 Å². The van der Waals surface area contributed by atoms with E-state index in [-0.39, 0.29) is 0 Å². The van der Waals surface area contributed by atoms with Crippen LogP contribution in [0.25, 0.3) is 0 Å². The lowest BCUT2D eigenvalue weighted by atomic mass is 10.1. The van der Waals surface area contributed by atoms with Gasteiger partial charge in [0.25, 0.3) is 0 Å². The summed E-state index contributed by atoms with van der Waals surface area (Å²) < 4.78 is 10.9. The molecule has 0 aliphatic carbocycles. The number of likely N-dealkylation sites (tertiary alicyclic amines) is 1. The second-order valence-electron chi connectivity index (χ2n) is 4.69. The van der Waals surface area contributed by atoms with Crippen LogP contribution in [0, 0.1) is 11.3 Å².